The van der Waals surface area contributed by atoms with E-state index in [-0.39, 0.29) is 12.2 Å². The molecule has 0 bridgehead atoms. The minimum absolute atomic E-state index is 0.0390. The number of nitrogens with two attached hydrogens (primary N) is 1. The second-order valence-electron chi connectivity index (χ2n) is 10.6. The number of hydrogen-bond donors (Lipinski definition) is 2. The first kappa shape index (κ1) is 34.1. The largest absolute Gasteiger partial charge is 0.573 e. The van der Waals surface area contributed by atoms with Crippen molar-refractivity contribution >= 4 is 45.8 Å². The standard InChI is InChI=1S/C35H30Cl2F3N5O2/c1-3-44(4-2)26-11-8-24(9-12-26)34-43-31-18-25(30(19-33(41)46)42-20-23-7-15-28(36)29(37)17-23)10-16-32(31)45(34)21-22-5-13-27(14-6-22)47-35(38,39)40/h3-18,30,42H,1-2,19-21H2,(H2,41,46). The third-order valence-electron chi connectivity index (χ3n) is 7.43. The van der Waals surface area contributed by atoms with Gasteiger partial charge in [-0.15, -0.1) is 13.2 Å². The molecule has 1 aromatic heterocycles. The van der Waals surface area contributed by atoms with E-state index in [0.29, 0.717) is 34.5 Å². The first-order chi connectivity index (χ1) is 22.4. The summed E-state index contributed by atoms with van der Waals surface area (Å²) in [6.45, 7) is 11.6. The highest BCUT2D eigenvalue weighted by Crippen LogP contribution is 2.32. The summed E-state index contributed by atoms with van der Waals surface area (Å²) in [5, 5.41) is 4.26. The lowest BCUT2D eigenvalue weighted by molar-refractivity contribution is -0.274. The molecule has 0 saturated heterocycles. The van der Waals surface area contributed by atoms with E-state index in [4.69, 9.17) is 33.9 Å². The summed E-state index contributed by atoms with van der Waals surface area (Å²) in [6, 6.07) is 24.0. The van der Waals surface area contributed by atoms with Gasteiger partial charge in [-0.1, -0.05) is 47.5 Å². The van der Waals surface area contributed by atoms with Crippen LogP contribution in [0.1, 0.15) is 29.2 Å². The van der Waals surface area contributed by atoms with Gasteiger partial charge in [-0.2, -0.15) is 0 Å². The van der Waals surface area contributed by atoms with Crippen molar-refractivity contribution in [1.82, 2.24) is 14.9 Å². The fourth-order valence-electron chi connectivity index (χ4n) is 5.19. The number of fused-ring (bicyclic) bond motifs is 1. The molecule has 4 radical (unpaired) electrons. The third-order valence-corrected chi connectivity index (χ3v) is 8.17. The zero-order valence-electron chi connectivity index (χ0n) is 25.0. The summed E-state index contributed by atoms with van der Waals surface area (Å²) < 4.78 is 44.2. The first-order valence-corrected chi connectivity index (χ1v) is 15.1. The predicted octanol–water partition coefficient (Wildman–Crippen LogP) is 8.46. The van der Waals surface area contributed by atoms with Gasteiger partial charge in [-0.3, -0.25) is 4.79 Å². The Morgan fingerprint density at radius 3 is 2.26 bits per heavy atom. The van der Waals surface area contributed by atoms with Crippen molar-refractivity contribution in [3.63, 3.8) is 0 Å². The van der Waals surface area contributed by atoms with E-state index in [2.05, 4.69) is 23.9 Å². The van der Waals surface area contributed by atoms with Crippen molar-refractivity contribution in [3.05, 3.63) is 139 Å². The Bertz CT molecular complexity index is 1840. The molecule has 5 rings (SSSR count). The van der Waals surface area contributed by atoms with Gasteiger partial charge in [0, 0.05) is 49.9 Å². The van der Waals surface area contributed by atoms with Crippen molar-refractivity contribution in [2.45, 2.75) is 31.9 Å². The molecule has 1 unspecified atom stereocenters. The summed E-state index contributed by atoms with van der Waals surface area (Å²) in [5.74, 6) is -0.146. The molecule has 0 fully saturated rings. The van der Waals surface area contributed by atoms with E-state index >= 15 is 0 Å². The maximum absolute atomic E-state index is 12.7. The monoisotopic (exact) mass is 679 g/mol. The number of halogens is 5. The van der Waals surface area contributed by atoms with Gasteiger partial charge in [0.05, 0.1) is 21.1 Å². The topological polar surface area (TPSA) is 85.4 Å². The summed E-state index contributed by atoms with van der Waals surface area (Å²) >= 11 is 12.2. The Morgan fingerprint density at radius 2 is 1.64 bits per heavy atom. The number of anilines is 1. The van der Waals surface area contributed by atoms with Gasteiger partial charge in [0.2, 0.25) is 5.91 Å². The van der Waals surface area contributed by atoms with Crippen LogP contribution in [0.25, 0.3) is 22.4 Å². The maximum Gasteiger partial charge on any atom is 0.573 e. The molecule has 0 aliphatic carbocycles. The minimum atomic E-state index is -4.78. The van der Waals surface area contributed by atoms with Crippen LogP contribution in [-0.2, 0) is 17.9 Å². The number of hydrogen-bond acceptors (Lipinski definition) is 5. The Kier molecular flexibility index (Phi) is 10.6. The van der Waals surface area contributed by atoms with Crippen molar-refractivity contribution in [3.8, 4) is 17.1 Å². The van der Waals surface area contributed by atoms with Crippen molar-refractivity contribution in [2.24, 2.45) is 5.73 Å². The number of alkyl halides is 3. The fourth-order valence-corrected chi connectivity index (χ4v) is 5.51. The maximum atomic E-state index is 12.7. The van der Waals surface area contributed by atoms with Gasteiger partial charge in [-0.25, -0.2) is 4.98 Å². The zero-order chi connectivity index (χ0) is 33.7. The van der Waals surface area contributed by atoms with Gasteiger partial charge in [0.25, 0.3) is 0 Å². The van der Waals surface area contributed by atoms with Crippen LogP contribution in [0, 0.1) is 26.9 Å². The molecule has 3 N–H and O–H groups in total. The number of carbonyl (C=O) groups excluding carboxylic acids is 1. The number of carbonyl (C=O) groups is 1. The number of nitrogens with zero attached hydrogens (tertiary/aromatic N) is 3. The second-order valence-corrected chi connectivity index (χ2v) is 11.4. The molecule has 0 aliphatic rings. The molecular formula is C35H30Cl2F3N5O2. The average molecular weight is 681 g/mol. The number of benzene rings is 4. The number of imidazole rings is 1. The lowest BCUT2D eigenvalue weighted by Crippen LogP contribution is -2.26. The van der Waals surface area contributed by atoms with Crippen LogP contribution in [0.2, 0.25) is 10.0 Å². The Labute approximate surface area is 281 Å². The molecule has 0 saturated carbocycles. The Balaban J connectivity index is 1.52. The van der Waals surface area contributed by atoms with Crippen molar-refractivity contribution in [2.75, 3.05) is 4.90 Å². The van der Waals surface area contributed by atoms with E-state index < -0.39 is 18.3 Å². The summed E-state index contributed by atoms with van der Waals surface area (Å²) in [5.41, 5.74) is 11.1. The van der Waals surface area contributed by atoms with Crippen molar-refractivity contribution in [1.29, 1.82) is 0 Å². The molecule has 1 amide bonds. The Hall–Kier alpha value is -4.25. The molecule has 47 heavy (non-hydrogen) atoms. The summed E-state index contributed by atoms with van der Waals surface area (Å²) in [6.07, 6.45) is -4.74. The van der Waals surface area contributed by atoms with Crippen LogP contribution in [0.15, 0.2) is 84.9 Å². The molecule has 0 aliphatic heterocycles. The smallest absolute Gasteiger partial charge is 0.406 e. The molecule has 0 spiro atoms. The summed E-state index contributed by atoms with van der Waals surface area (Å²) in [7, 11) is 0. The van der Waals surface area contributed by atoms with Crippen LogP contribution in [0.4, 0.5) is 18.9 Å². The molecule has 1 atom stereocenters. The quantitative estimate of drug-likeness (QED) is 0.130. The highest BCUT2D eigenvalue weighted by atomic mass is 35.5. The van der Waals surface area contributed by atoms with Gasteiger partial charge in [0.15, 0.2) is 0 Å². The first-order valence-electron chi connectivity index (χ1n) is 14.4. The number of rotatable bonds is 13. The number of amides is 1. The molecule has 4 aromatic carbocycles. The van der Waals surface area contributed by atoms with Crippen LogP contribution in [-0.4, -0.2) is 21.8 Å². The SMILES string of the molecule is [CH2][CH]N([CH][CH2])c1ccc(-c2nc3cc(C(CC(N)=O)NCc4ccc(Cl)c(Cl)c4)ccc3n2Cc2ccc(OC(F)(F)F)cc2)cc1. The third kappa shape index (κ3) is 8.57. The van der Waals surface area contributed by atoms with Crippen LogP contribution in [0.3, 0.4) is 0 Å². The predicted molar refractivity (Wildman–Crippen MR) is 179 cm³/mol. The van der Waals surface area contributed by atoms with E-state index in [0.717, 1.165) is 33.5 Å². The molecule has 1 heterocycles. The minimum Gasteiger partial charge on any atom is -0.406 e. The lowest BCUT2D eigenvalue weighted by atomic mass is 10.0. The Morgan fingerprint density at radius 1 is 0.957 bits per heavy atom. The van der Waals surface area contributed by atoms with Gasteiger partial charge < -0.3 is 25.3 Å². The normalized spacial score (nSPS) is 12.3. The molecule has 12 heteroatoms. The number of nitrogens with one attached hydrogen (secondary N) is 1. The molecule has 7 nitrogen and oxygen atoms in total. The van der Waals surface area contributed by atoms with E-state index in [1.165, 1.54) is 12.1 Å². The van der Waals surface area contributed by atoms with E-state index in [1.54, 1.807) is 42.3 Å². The molecule has 242 valence electrons. The highest BCUT2D eigenvalue weighted by Gasteiger charge is 2.31. The molecular weight excluding hydrogens is 650 g/mol. The zero-order valence-corrected chi connectivity index (χ0v) is 26.5. The second kappa shape index (κ2) is 14.7. The highest BCUT2D eigenvalue weighted by molar-refractivity contribution is 6.42. The van der Waals surface area contributed by atoms with E-state index in [1.807, 2.05) is 53.1 Å². The number of ether oxygens (including phenoxy) is 1. The van der Waals surface area contributed by atoms with Gasteiger partial charge >= 0.3 is 6.36 Å². The summed E-state index contributed by atoms with van der Waals surface area (Å²) in [4.78, 5) is 18.8. The van der Waals surface area contributed by atoms with Crippen LogP contribution < -0.4 is 20.7 Å². The van der Waals surface area contributed by atoms with Crippen LogP contribution >= 0.6 is 23.2 Å². The van der Waals surface area contributed by atoms with E-state index in [9.17, 15) is 18.0 Å². The average Bonchev–Trinajstić information content (AvgIpc) is 3.39. The molecule has 5 aromatic rings. The number of aromatic nitrogens is 2. The van der Waals surface area contributed by atoms with Crippen LogP contribution in [0.5, 0.6) is 5.75 Å². The van der Waals surface area contributed by atoms with Gasteiger partial charge in [-0.05, 0) is 91.2 Å². The fraction of sp³-hybridized carbons (Fsp3) is 0.143. The van der Waals surface area contributed by atoms with Gasteiger partial charge in [0.1, 0.15) is 11.6 Å². The number of primary amides is 1. The lowest BCUT2D eigenvalue weighted by Gasteiger charge is -2.20. The van der Waals surface area contributed by atoms with Crippen molar-refractivity contribution < 1.29 is 22.7 Å².